The third kappa shape index (κ3) is 3.25. The number of nitrogens with two attached hydrogens (primary N) is 2. The number of nitriles is 1. The van der Waals surface area contributed by atoms with Crippen molar-refractivity contribution in [3.63, 3.8) is 0 Å². The van der Waals surface area contributed by atoms with Gasteiger partial charge in [0.2, 0.25) is 10.0 Å². The third-order valence-corrected chi connectivity index (χ3v) is 7.03. The zero-order chi connectivity index (χ0) is 20.8. The number of thiophene rings is 1. The Bertz CT molecular complexity index is 1190. The zero-order valence-corrected chi connectivity index (χ0v) is 17.0. The summed E-state index contributed by atoms with van der Waals surface area (Å²) in [6.07, 6.45) is 1.76. The quantitative estimate of drug-likeness (QED) is 0.776. The molecule has 2 aromatic rings. The van der Waals surface area contributed by atoms with E-state index in [0.717, 1.165) is 10.6 Å². The average molecular weight is 427 g/mol. The first kappa shape index (κ1) is 19.4. The van der Waals surface area contributed by atoms with E-state index in [1.165, 1.54) is 23.5 Å². The van der Waals surface area contributed by atoms with Crippen LogP contribution in [0.25, 0.3) is 0 Å². The molecule has 1 atom stereocenters. The number of ketones is 1. The van der Waals surface area contributed by atoms with Crippen molar-refractivity contribution in [2.45, 2.75) is 30.1 Å². The smallest absolute Gasteiger partial charge is 0.238 e. The van der Waals surface area contributed by atoms with Crippen molar-refractivity contribution >= 4 is 32.8 Å². The van der Waals surface area contributed by atoms with Crippen LogP contribution in [-0.4, -0.2) is 14.2 Å². The van der Waals surface area contributed by atoms with Crippen molar-refractivity contribution in [2.75, 3.05) is 4.90 Å². The Balaban J connectivity index is 1.91. The number of hydrogen-bond acceptors (Lipinski definition) is 7. The van der Waals surface area contributed by atoms with E-state index in [-0.39, 0.29) is 16.5 Å². The molecule has 29 heavy (non-hydrogen) atoms. The molecule has 148 valence electrons. The van der Waals surface area contributed by atoms with Gasteiger partial charge in [-0.15, -0.1) is 11.3 Å². The second kappa shape index (κ2) is 7.15. The van der Waals surface area contributed by atoms with Gasteiger partial charge in [-0.25, -0.2) is 13.6 Å². The number of rotatable bonds is 3. The number of benzene rings is 1. The number of sulfonamides is 1. The van der Waals surface area contributed by atoms with Crippen molar-refractivity contribution in [2.24, 2.45) is 10.9 Å². The average Bonchev–Trinajstić information content (AvgIpc) is 3.21. The van der Waals surface area contributed by atoms with Gasteiger partial charge in [0.05, 0.1) is 22.5 Å². The fourth-order valence-corrected chi connectivity index (χ4v) is 5.26. The van der Waals surface area contributed by atoms with Crippen LogP contribution in [0.4, 0.5) is 5.69 Å². The molecule has 2 aliphatic rings. The normalized spacial score (nSPS) is 19.9. The maximum atomic E-state index is 12.9. The highest BCUT2D eigenvalue weighted by molar-refractivity contribution is 7.89. The summed E-state index contributed by atoms with van der Waals surface area (Å²) in [5.41, 5.74) is 8.69. The van der Waals surface area contributed by atoms with Gasteiger partial charge < -0.3 is 5.73 Å². The second-order valence-corrected chi connectivity index (χ2v) is 9.41. The van der Waals surface area contributed by atoms with Crippen molar-refractivity contribution < 1.29 is 13.2 Å². The van der Waals surface area contributed by atoms with E-state index in [1.54, 1.807) is 17.0 Å². The molecule has 2 heterocycles. The van der Waals surface area contributed by atoms with E-state index >= 15 is 0 Å². The molecule has 1 aliphatic heterocycles. The van der Waals surface area contributed by atoms with Crippen LogP contribution in [0.5, 0.6) is 0 Å². The predicted molar refractivity (Wildman–Crippen MR) is 110 cm³/mol. The Morgan fingerprint density at radius 3 is 2.48 bits per heavy atom. The molecule has 1 aromatic carbocycles. The van der Waals surface area contributed by atoms with Crippen LogP contribution in [-0.2, 0) is 14.8 Å². The summed E-state index contributed by atoms with van der Waals surface area (Å²) in [7, 11) is -3.83. The number of carbonyl (C=O) groups excluding carboxylic acids is 1. The Morgan fingerprint density at radius 2 is 1.90 bits per heavy atom. The van der Waals surface area contributed by atoms with Gasteiger partial charge in [-0.1, -0.05) is 6.07 Å². The number of nitrogens with zero attached hydrogens (tertiary/aromatic N) is 2. The molecule has 0 fully saturated rings. The lowest BCUT2D eigenvalue weighted by atomic mass is 9.78. The van der Waals surface area contributed by atoms with Gasteiger partial charge in [0.15, 0.2) is 5.78 Å². The highest BCUT2D eigenvalue weighted by Gasteiger charge is 2.40. The standard InChI is InChI=1S/C20H18N4O3S2/c21-11-14-18(17-5-2-10-28-17)19-15(3-1-4-16(19)25)24(20(14)22)12-6-8-13(9-7-12)29(23,26)27/h2,5-10,18H,1,3-4,22H2,(H2,23,26,27). The summed E-state index contributed by atoms with van der Waals surface area (Å²) >= 11 is 1.48. The molecule has 0 radical (unpaired) electrons. The number of hydrogen-bond donors (Lipinski definition) is 2. The predicted octanol–water partition coefficient (Wildman–Crippen LogP) is 2.70. The topological polar surface area (TPSA) is 130 Å². The molecule has 1 aromatic heterocycles. The van der Waals surface area contributed by atoms with Gasteiger partial charge in [0.1, 0.15) is 5.82 Å². The molecule has 0 bridgehead atoms. The van der Waals surface area contributed by atoms with Gasteiger partial charge in [0.25, 0.3) is 0 Å². The van der Waals surface area contributed by atoms with Crippen LogP contribution in [0, 0.1) is 11.3 Å². The summed E-state index contributed by atoms with van der Waals surface area (Å²) in [5.74, 6) is -0.207. The molecule has 1 unspecified atom stereocenters. The van der Waals surface area contributed by atoms with E-state index < -0.39 is 15.9 Å². The fourth-order valence-electron chi connectivity index (χ4n) is 3.91. The van der Waals surface area contributed by atoms with Crippen molar-refractivity contribution in [3.05, 3.63) is 69.3 Å². The molecular formula is C20H18N4O3S2. The van der Waals surface area contributed by atoms with Crippen molar-refractivity contribution in [1.29, 1.82) is 5.26 Å². The monoisotopic (exact) mass is 426 g/mol. The molecule has 0 amide bonds. The largest absolute Gasteiger partial charge is 0.384 e. The Labute approximate surface area is 172 Å². The highest BCUT2D eigenvalue weighted by atomic mass is 32.2. The number of allylic oxidation sites excluding steroid dienone is 3. The van der Waals surface area contributed by atoms with E-state index in [2.05, 4.69) is 6.07 Å². The van der Waals surface area contributed by atoms with Crippen LogP contribution >= 0.6 is 11.3 Å². The van der Waals surface area contributed by atoms with Crippen LogP contribution in [0.15, 0.2) is 69.3 Å². The molecule has 0 saturated carbocycles. The summed E-state index contributed by atoms with van der Waals surface area (Å²) in [4.78, 5) is 15.5. The molecular weight excluding hydrogens is 408 g/mol. The number of anilines is 1. The zero-order valence-electron chi connectivity index (χ0n) is 15.3. The summed E-state index contributed by atoms with van der Waals surface area (Å²) in [5, 5.41) is 17.0. The third-order valence-electron chi connectivity index (χ3n) is 5.16. The number of carbonyl (C=O) groups is 1. The van der Waals surface area contributed by atoms with Gasteiger partial charge in [-0.05, 0) is 48.6 Å². The van der Waals surface area contributed by atoms with E-state index in [0.29, 0.717) is 36.1 Å². The van der Waals surface area contributed by atoms with E-state index in [9.17, 15) is 18.5 Å². The van der Waals surface area contributed by atoms with E-state index in [4.69, 9.17) is 10.9 Å². The van der Waals surface area contributed by atoms with Crippen LogP contribution in [0.2, 0.25) is 0 Å². The maximum Gasteiger partial charge on any atom is 0.238 e. The summed E-state index contributed by atoms with van der Waals surface area (Å²) in [6.45, 7) is 0. The van der Waals surface area contributed by atoms with Crippen molar-refractivity contribution in [1.82, 2.24) is 0 Å². The highest BCUT2D eigenvalue weighted by Crippen LogP contribution is 2.47. The van der Waals surface area contributed by atoms with Gasteiger partial charge in [-0.2, -0.15) is 5.26 Å². The first-order valence-corrected chi connectivity index (χ1v) is 11.4. The van der Waals surface area contributed by atoms with Gasteiger partial charge in [0, 0.05) is 28.3 Å². The first-order chi connectivity index (χ1) is 13.8. The molecule has 0 spiro atoms. The Hall–Kier alpha value is -2.93. The minimum Gasteiger partial charge on any atom is -0.384 e. The minimum atomic E-state index is -3.83. The number of primary sulfonamides is 1. The fraction of sp³-hybridized carbons (Fsp3) is 0.200. The molecule has 9 heteroatoms. The molecule has 7 nitrogen and oxygen atoms in total. The van der Waals surface area contributed by atoms with Gasteiger partial charge in [-0.3, -0.25) is 9.69 Å². The van der Waals surface area contributed by atoms with E-state index in [1.807, 2.05) is 17.5 Å². The SMILES string of the molecule is N#CC1=C(N)N(c2ccc(S(N)(=O)=O)cc2)C2=C(C(=O)CCC2)C1c1cccs1. The van der Waals surface area contributed by atoms with Gasteiger partial charge >= 0.3 is 0 Å². The van der Waals surface area contributed by atoms with Crippen molar-refractivity contribution in [3.8, 4) is 6.07 Å². The van der Waals surface area contributed by atoms with Crippen LogP contribution < -0.4 is 15.8 Å². The minimum absolute atomic E-state index is 0.0102. The maximum absolute atomic E-state index is 12.9. The lowest BCUT2D eigenvalue weighted by Gasteiger charge is -2.39. The molecule has 4 N–H and O–H groups in total. The molecule has 1 aliphatic carbocycles. The Morgan fingerprint density at radius 1 is 1.17 bits per heavy atom. The number of Topliss-reactive ketones (excluding diaryl/α,β-unsaturated/α-hetero) is 1. The second-order valence-electron chi connectivity index (χ2n) is 6.87. The van der Waals surface area contributed by atoms with Crippen LogP contribution in [0.1, 0.15) is 30.1 Å². The Kier molecular flexibility index (Phi) is 4.78. The lowest BCUT2D eigenvalue weighted by Crippen LogP contribution is -2.38. The molecule has 0 saturated heterocycles. The first-order valence-electron chi connectivity index (χ1n) is 8.95. The summed E-state index contributed by atoms with van der Waals surface area (Å²) in [6, 6.07) is 11.9. The van der Waals surface area contributed by atoms with Crippen LogP contribution in [0.3, 0.4) is 0 Å². The lowest BCUT2D eigenvalue weighted by molar-refractivity contribution is -0.116. The summed E-state index contributed by atoms with van der Waals surface area (Å²) < 4.78 is 23.1. The molecule has 4 rings (SSSR count).